The van der Waals surface area contributed by atoms with E-state index in [0.717, 1.165) is 38.5 Å². The van der Waals surface area contributed by atoms with Crippen molar-refractivity contribution in [2.24, 2.45) is 7.05 Å². The molecule has 0 saturated heterocycles. The predicted octanol–water partition coefficient (Wildman–Crippen LogP) is 4.53. The number of anilines is 2. The minimum absolute atomic E-state index is 0.0634. The third-order valence-electron chi connectivity index (χ3n) is 6.04. The van der Waals surface area contributed by atoms with Crippen LogP contribution in [0.3, 0.4) is 0 Å². The molecule has 186 valence electrons. The molecule has 2 heterocycles. The van der Waals surface area contributed by atoms with Gasteiger partial charge in [-0.15, -0.1) is 16.4 Å². The lowest BCUT2D eigenvalue weighted by Gasteiger charge is -2.10. The van der Waals surface area contributed by atoms with E-state index in [1.165, 1.54) is 56.1 Å². The summed E-state index contributed by atoms with van der Waals surface area (Å²) in [5.74, 6) is 0.253. The van der Waals surface area contributed by atoms with Gasteiger partial charge in [0.1, 0.15) is 0 Å². The molecule has 12 heteroatoms. The number of rotatable bonds is 8. The maximum Gasteiger partial charge on any atom is 0.234 e. The molecule has 0 bridgehead atoms. The SMILES string of the molecule is Cn1nnnc1SCC(=O)Nc1ccc2nc(SCC(=O)Nc3ccc4c5c(cccc35)CC4)sc2c1. The van der Waals surface area contributed by atoms with E-state index < -0.39 is 0 Å². The zero-order valence-corrected chi connectivity index (χ0v) is 22.2. The van der Waals surface area contributed by atoms with Gasteiger partial charge in [-0.2, -0.15) is 0 Å². The van der Waals surface area contributed by atoms with Crippen LogP contribution in [0.25, 0.3) is 21.0 Å². The number of nitrogens with one attached hydrogen (secondary N) is 2. The standard InChI is InChI=1S/C25H21N7O2S3/c1-32-24(29-30-31-32)35-12-21(33)26-16-8-10-19-20(11-16)37-25(28-19)36-13-22(34)27-18-9-7-15-6-5-14-3-2-4-17(18)23(14)15/h2-4,7-11H,5-6,12-13H2,1H3,(H,26,33)(H,27,34). The number of thiazole rings is 1. The van der Waals surface area contributed by atoms with E-state index in [1.807, 2.05) is 24.3 Å². The first-order valence-corrected chi connectivity index (χ1v) is 14.3. The Hall–Kier alpha value is -3.48. The summed E-state index contributed by atoms with van der Waals surface area (Å²) in [6.45, 7) is 0. The van der Waals surface area contributed by atoms with Crippen LogP contribution in [0.4, 0.5) is 11.4 Å². The second-order valence-electron chi connectivity index (χ2n) is 8.53. The van der Waals surface area contributed by atoms with Crippen molar-refractivity contribution in [2.75, 3.05) is 22.1 Å². The van der Waals surface area contributed by atoms with Crippen molar-refractivity contribution in [2.45, 2.75) is 22.3 Å². The van der Waals surface area contributed by atoms with Gasteiger partial charge >= 0.3 is 0 Å². The van der Waals surface area contributed by atoms with E-state index >= 15 is 0 Å². The van der Waals surface area contributed by atoms with Crippen molar-refractivity contribution >= 4 is 79.0 Å². The van der Waals surface area contributed by atoms with E-state index in [4.69, 9.17) is 0 Å². The lowest BCUT2D eigenvalue weighted by Crippen LogP contribution is -2.14. The van der Waals surface area contributed by atoms with E-state index in [-0.39, 0.29) is 23.3 Å². The topological polar surface area (TPSA) is 115 Å². The van der Waals surface area contributed by atoms with Crippen LogP contribution in [0.5, 0.6) is 0 Å². The molecular weight excluding hydrogens is 527 g/mol. The van der Waals surface area contributed by atoms with E-state index in [9.17, 15) is 9.59 Å². The minimum atomic E-state index is -0.147. The summed E-state index contributed by atoms with van der Waals surface area (Å²) in [6, 6.07) is 16.0. The molecule has 1 aliphatic carbocycles. The normalized spacial score (nSPS) is 12.4. The van der Waals surface area contributed by atoms with Gasteiger partial charge in [-0.1, -0.05) is 47.8 Å². The Morgan fingerprint density at radius 2 is 1.81 bits per heavy atom. The average Bonchev–Trinajstić information content (AvgIpc) is 3.62. The van der Waals surface area contributed by atoms with Gasteiger partial charge in [0.2, 0.25) is 17.0 Å². The number of hydrogen-bond acceptors (Lipinski definition) is 9. The van der Waals surface area contributed by atoms with Crippen molar-refractivity contribution in [1.82, 2.24) is 25.2 Å². The van der Waals surface area contributed by atoms with Crippen molar-refractivity contribution < 1.29 is 9.59 Å². The molecule has 0 unspecified atom stereocenters. The Morgan fingerprint density at radius 1 is 1.00 bits per heavy atom. The van der Waals surface area contributed by atoms with Crippen LogP contribution < -0.4 is 10.6 Å². The van der Waals surface area contributed by atoms with Crippen LogP contribution in [0.2, 0.25) is 0 Å². The van der Waals surface area contributed by atoms with Crippen LogP contribution in [0.15, 0.2) is 58.0 Å². The zero-order valence-electron chi connectivity index (χ0n) is 19.7. The number of hydrogen-bond donors (Lipinski definition) is 2. The Bertz CT molecular complexity index is 1650. The average molecular weight is 548 g/mol. The first-order valence-electron chi connectivity index (χ1n) is 11.6. The molecule has 0 saturated carbocycles. The van der Waals surface area contributed by atoms with Gasteiger partial charge in [0, 0.05) is 23.8 Å². The Balaban J connectivity index is 1.07. The summed E-state index contributed by atoms with van der Waals surface area (Å²) in [5.41, 5.74) is 5.08. The number of carbonyl (C=O) groups excluding carboxylic acids is 2. The zero-order chi connectivity index (χ0) is 25.4. The monoisotopic (exact) mass is 547 g/mol. The highest BCUT2D eigenvalue weighted by Gasteiger charge is 2.17. The highest BCUT2D eigenvalue weighted by molar-refractivity contribution is 8.01. The molecule has 0 radical (unpaired) electrons. The van der Waals surface area contributed by atoms with E-state index in [1.54, 1.807) is 7.05 Å². The van der Waals surface area contributed by atoms with Gasteiger partial charge in [-0.3, -0.25) is 9.59 Å². The van der Waals surface area contributed by atoms with Crippen LogP contribution in [0.1, 0.15) is 11.1 Å². The molecule has 9 nitrogen and oxygen atoms in total. The molecule has 37 heavy (non-hydrogen) atoms. The number of fused-ring (bicyclic) bond motifs is 1. The quantitative estimate of drug-likeness (QED) is 0.272. The van der Waals surface area contributed by atoms with Crippen LogP contribution in [-0.2, 0) is 29.5 Å². The highest BCUT2D eigenvalue weighted by Crippen LogP contribution is 2.35. The third kappa shape index (κ3) is 5.04. The van der Waals surface area contributed by atoms with Gasteiger partial charge in [0.05, 0.1) is 21.7 Å². The van der Waals surface area contributed by atoms with Gasteiger partial charge < -0.3 is 10.6 Å². The molecule has 6 rings (SSSR count). The molecule has 2 N–H and O–H groups in total. The van der Waals surface area contributed by atoms with E-state index in [2.05, 4.69) is 55.4 Å². The first-order chi connectivity index (χ1) is 18.0. The third-order valence-corrected chi connectivity index (χ3v) is 9.22. The summed E-state index contributed by atoms with van der Waals surface area (Å²) >= 11 is 4.18. The number of tetrazole rings is 1. The molecule has 0 spiro atoms. The lowest BCUT2D eigenvalue weighted by molar-refractivity contribution is -0.114. The lowest BCUT2D eigenvalue weighted by atomic mass is 10.0. The second kappa shape index (κ2) is 10.1. The maximum absolute atomic E-state index is 12.8. The smallest absolute Gasteiger partial charge is 0.234 e. The fourth-order valence-electron chi connectivity index (χ4n) is 4.38. The Morgan fingerprint density at radius 3 is 2.65 bits per heavy atom. The summed E-state index contributed by atoms with van der Waals surface area (Å²) in [6.07, 6.45) is 2.12. The Labute approximate surface area is 224 Å². The molecule has 5 aromatic rings. The van der Waals surface area contributed by atoms with E-state index in [0.29, 0.717) is 10.8 Å². The number of amides is 2. The van der Waals surface area contributed by atoms with Gasteiger partial charge in [-0.05, 0) is 64.0 Å². The Kier molecular flexibility index (Phi) is 6.53. The molecule has 0 fully saturated rings. The van der Waals surface area contributed by atoms with Crippen molar-refractivity contribution in [3.05, 3.63) is 59.7 Å². The predicted molar refractivity (Wildman–Crippen MR) is 148 cm³/mol. The number of carbonyl (C=O) groups is 2. The van der Waals surface area contributed by atoms with Crippen LogP contribution in [0, 0.1) is 0 Å². The molecule has 2 amide bonds. The summed E-state index contributed by atoms with van der Waals surface area (Å²) in [4.78, 5) is 29.7. The van der Waals surface area contributed by atoms with Crippen molar-refractivity contribution in [3.63, 3.8) is 0 Å². The number of benzene rings is 3. The summed E-state index contributed by atoms with van der Waals surface area (Å²) < 4.78 is 3.27. The molecule has 3 aromatic carbocycles. The van der Waals surface area contributed by atoms with Crippen LogP contribution in [-0.4, -0.2) is 48.5 Å². The number of aromatic nitrogens is 5. The van der Waals surface area contributed by atoms with Crippen LogP contribution >= 0.6 is 34.9 Å². The van der Waals surface area contributed by atoms with Gasteiger partial charge in [0.25, 0.3) is 0 Å². The number of nitrogens with zero attached hydrogens (tertiary/aromatic N) is 5. The second-order valence-corrected chi connectivity index (χ2v) is 11.7. The largest absolute Gasteiger partial charge is 0.325 e. The summed E-state index contributed by atoms with van der Waals surface area (Å²) in [5, 5.41) is 20.1. The van der Waals surface area contributed by atoms with Gasteiger partial charge in [0.15, 0.2) is 4.34 Å². The molecule has 0 aliphatic heterocycles. The molecule has 2 aromatic heterocycles. The van der Waals surface area contributed by atoms with Crippen molar-refractivity contribution in [3.8, 4) is 0 Å². The molecule has 1 aliphatic rings. The molecular formula is C25H21N7O2S3. The maximum atomic E-state index is 12.8. The fourth-order valence-corrected chi connectivity index (χ4v) is 6.94. The highest BCUT2D eigenvalue weighted by atomic mass is 32.2. The fraction of sp³-hybridized carbons (Fsp3) is 0.200. The number of aryl methyl sites for hydroxylation is 3. The summed E-state index contributed by atoms with van der Waals surface area (Å²) in [7, 11) is 1.73. The number of thioether (sulfide) groups is 2. The minimum Gasteiger partial charge on any atom is -0.325 e. The molecule has 0 atom stereocenters. The van der Waals surface area contributed by atoms with Crippen molar-refractivity contribution in [1.29, 1.82) is 0 Å². The first kappa shape index (κ1) is 23.9. The van der Waals surface area contributed by atoms with Gasteiger partial charge in [-0.25, -0.2) is 9.67 Å².